The van der Waals surface area contributed by atoms with E-state index in [2.05, 4.69) is 0 Å². The lowest BCUT2D eigenvalue weighted by molar-refractivity contribution is -0.151. The molecule has 1 aromatic rings. The van der Waals surface area contributed by atoms with Crippen LogP contribution in [-0.2, 0) is 9.59 Å². The summed E-state index contributed by atoms with van der Waals surface area (Å²) < 4.78 is 12.9. The van der Waals surface area contributed by atoms with E-state index >= 15 is 0 Å². The van der Waals surface area contributed by atoms with Crippen LogP contribution in [0, 0.1) is 11.7 Å². The van der Waals surface area contributed by atoms with Crippen molar-refractivity contribution >= 4 is 29.6 Å². The third-order valence-corrected chi connectivity index (χ3v) is 3.19. The standard InChI is InChI=1S/C13H11ClFNO3/c14-10-5-8(1-3-11(10)15)2-4-12(17)16-6-9(7-16)13(18)19/h1-5,9H,6-7H2,(H,18,19). The van der Waals surface area contributed by atoms with E-state index in [0.29, 0.717) is 5.56 Å². The van der Waals surface area contributed by atoms with E-state index in [1.165, 1.54) is 35.3 Å². The zero-order chi connectivity index (χ0) is 14.0. The molecular formula is C13H11ClFNO3. The fourth-order valence-electron chi connectivity index (χ4n) is 1.70. The number of hydrogen-bond acceptors (Lipinski definition) is 2. The maximum Gasteiger partial charge on any atom is 0.310 e. The Labute approximate surface area is 114 Å². The number of nitrogens with zero attached hydrogens (tertiary/aromatic N) is 1. The molecule has 1 amide bonds. The van der Waals surface area contributed by atoms with E-state index in [-0.39, 0.29) is 24.0 Å². The Morgan fingerprint density at radius 3 is 2.68 bits per heavy atom. The number of carbonyl (C=O) groups is 2. The summed E-state index contributed by atoms with van der Waals surface area (Å²) in [6.45, 7) is 0.450. The van der Waals surface area contributed by atoms with Gasteiger partial charge in [-0.3, -0.25) is 9.59 Å². The second kappa shape index (κ2) is 5.40. The van der Waals surface area contributed by atoms with Gasteiger partial charge in [0.15, 0.2) is 0 Å². The molecule has 0 saturated carbocycles. The first-order valence-electron chi connectivity index (χ1n) is 5.62. The van der Waals surface area contributed by atoms with Gasteiger partial charge in [-0.25, -0.2) is 4.39 Å². The Morgan fingerprint density at radius 1 is 1.42 bits per heavy atom. The number of likely N-dealkylation sites (tertiary alicyclic amines) is 1. The molecule has 6 heteroatoms. The first kappa shape index (κ1) is 13.5. The molecule has 1 aliphatic heterocycles. The summed E-state index contributed by atoms with van der Waals surface area (Å²) >= 11 is 5.61. The van der Waals surface area contributed by atoms with Crippen LogP contribution in [0.25, 0.3) is 6.08 Å². The van der Waals surface area contributed by atoms with Gasteiger partial charge in [0.05, 0.1) is 10.9 Å². The van der Waals surface area contributed by atoms with Crippen LogP contribution in [0.3, 0.4) is 0 Å². The van der Waals surface area contributed by atoms with Gasteiger partial charge in [0.1, 0.15) is 5.82 Å². The van der Waals surface area contributed by atoms with Gasteiger partial charge in [-0.1, -0.05) is 17.7 Å². The lowest BCUT2D eigenvalue weighted by Gasteiger charge is -2.35. The number of carbonyl (C=O) groups excluding carboxylic acids is 1. The van der Waals surface area contributed by atoms with Crippen LogP contribution in [-0.4, -0.2) is 35.0 Å². The number of carboxylic acids is 1. The van der Waals surface area contributed by atoms with Crippen LogP contribution in [0.1, 0.15) is 5.56 Å². The van der Waals surface area contributed by atoms with E-state index in [1.807, 2.05) is 0 Å². The minimum absolute atomic E-state index is 0.00973. The van der Waals surface area contributed by atoms with E-state index in [1.54, 1.807) is 0 Å². The fraction of sp³-hybridized carbons (Fsp3) is 0.231. The second-order valence-electron chi connectivity index (χ2n) is 4.29. The molecule has 1 fully saturated rings. The van der Waals surface area contributed by atoms with Gasteiger partial charge in [0.2, 0.25) is 5.91 Å². The number of aliphatic carboxylic acids is 1. The van der Waals surface area contributed by atoms with Crippen molar-refractivity contribution < 1.29 is 19.1 Å². The molecule has 0 aromatic heterocycles. The third kappa shape index (κ3) is 3.12. The van der Waals surface area contributed by atoms with Crippen LogP contribution in [0.15, 0.2) is 24.3 Å². The fourth-order valence-corrected chi connectivity index (χ4v) is 1.89. The van der Waals surface area contributed by atoms with Gasteiger partial charge in [-0.05, 0) is 23.8 Å². The molecule has 4 nitrogen and oxygen atoms in total. The molecule has 0 aliphatic carbocycles. The first-order valence-corrected chi connectivity index (χ1v) is 6.00. The lowest BCUT2D eigenvalue weighted by atomic mass is 10.0. The van der Waals surface area contributed by atoms with Gasteiger partial charge in [-0.15, -0.1) is 0 Å². The van der Waals surface area contributed by atoms with Crippen LogP contribution in [0.4, 0.5) is 4.39 Å². The van der Waals surface area contributed by atoms with Crippen LogP contribution in [0.5, 0.6) is 0 Å². The predicted molar refractivity (Wildman–Crippen MR) is 68.1 cm³/mol. The zero-order valence-electron chi connectivity index (χ0n) is 9.85. The SMILES string of the molecule is O=C(O)C1CN(C(=O)C=Cc2ccc(F)c(Cl)c2)C1. The minimum atomic E-state index is -0.890. The van der Waals surface area contributed by atoms with E-state index in [9.17, 15) is 14.0 Å². The number of rotatable bonds is 3. The van der Waals surface area contributed by atoms with Crippen molar-refractivity contribution in [3.05, 3.63) is 40.7 Å². The molecule has 1 heterocycles. The highest BCUT2D eigenvalue weighted by Crippen LogP contribution is 2.18. The van der Waals surface area contributed by atoms with Crippen molar-refractivity contribution in [1.29, 1.82) is 0 Å². The Kier molecular flexibility index (Phi) is 3.85. The number of carboxylic acid groups (broad SMARTS) is 1. The summed E-state index contributed by atoms with van der Waals surface area (Å²) in [5.74, 6) is -2.15. The molecule has 0 radical (unpaired) electrons. The molecule has 0 bridgehead atoms. The average molecular weight is 284 g/mol. The highest BCUT2D eigenvalue weighted by atomic mass is 35.5. The minimum Gasteiger partial charge on any atom is -0.481 e. The Morgan fingerprint density at radius 2 is 2.11 bits per heavy atom. The van der Waals surface area contributed by atoms with E-state index in [0.717, 1.165) is 0 Å². The van der Waals surface area contributed by atoms with Crippen molar-refractivity contribution in [2.75, 3.05) is 13.1 Å². The molecule has 19 heavy (non-hydrogen) atoms. The molecule has 1 aliphatic rings. The topological polar surface area (TPSA) is 57.6 Å². The molecule has 100 valence electrons. The first-order chi connectivity index (χ1) is 8.97. The summed E-state index contributed by atoms with van der Waals surface area (Å²) in [4.78, 5) is 23.7. The largest absolute Gasteiger partial charge is 0.481 e. The quantitative estimate of drug-likeness (QED) is 0.864. The van der Waals surface area contributed by atoms with Gasteiger partial charge < -0.3 is 10.0 Å². The van der Waals surface area contributed by atoms with Crippen molar-refractivity contribution in [3.8, 4) is 0 Å². The molecule has 2 rings (SSSR count). The molecular weight excluding hydrogens is 273 g/mol. The predicted octanol–water partition coefficient (Wildman–Crippen LogP) is 2.04. The summed E-state index contributed by atoms with van der Waals surface area (Å²) in [6.07, 6.45) is 2.84. The summed E-state index contributed by atoms with van der Waals surface area (Å²) in [7, 11) is 0. The molecule has 1 N–H and O–H groups in total. The molecule has 0 spiro atoms. The highest BCUT2D eigenvalue weighted by molar-refractivity contribution is 6.30. The third-order valence-electron chi connectivity index (χ3n) is 2.90. The zero-order valence-corrected chi connectivity index (χ0v) is 10.6. The van der Waals surface area contributed by atoms with Crippen molar-refractivity contribution in [1.82, 2.24) is 4.90 Å². The van der Waals surface area contributed by atoms with E-state index < -0.39 is 17.7 Å². The van der Waals surface area contributed by atoms with Crippen LogP contribution < -0.4 is 0 Å². The molecule has 0 atom stereocenters. The van der Waals surface area contributed by atoms with Crippen molar-refractivity contribution in [3.63, 3.8) is 0 Å². The van der Waals surface area contributed by atoms with Gasteiger partial charge in [0.25, 0.3) is 0 Å². The van der Waals surface area contributed by atoms with E-state index in [4.69, 9.17) is 16.7 Å². The molecule has 1 saturated heterocycles. The van der Waals surface area contributed by atoms with Crippen LogP contribution in [0.2, 0.25) is 5.02 Å². The molecule has 0 unspecified atom stereocenters. The number of amides is 1. The van der Waals surface area contributed by atoms with Crippen molar-refractivity contribution in [2.45, 2.75) is 0 Å². The second-order valence-corrected chi connectivity index (χ2v) is 4.69. The lowest BCUT2D eigenvalue weighted by Crippen LogP contribution is -2.52. The maximum absolute atomic E-state index is 12.9. The smallest absolute Gasteiger partial charge is 0.310 e. The number of hydrogen-bond donors (Lipinski definition) is 1. The normalized spacial score (nSPS) is 15.6. The Bertz CT molecular complexity index is 553. The maximum atomic E-state index is 12.9. The van der Waals surface area contributed by atoms with Gasteiger partial charge in [0, 0.05) is 19.2 Å². The molecule has 1 aromatic carbocycles. The Hall–Kier alpha value is -1.88. The van der Waals surface area contributed by atoms with Crippen molar-refractivity contribution in [2.24, 2.45) is 5.92 Å². The number of halogens is 2. The summed E-state index contributed by atoms with van der Waals surface area (Å²) in [5.41, 5.74) is 0.607. The monoisotopic (exact) mass is 283 g/mol. The summed E-state index contributed by atoms with van der Waals surface area (Å²) in [6, 6.07) is 4.13. The highest BCUT2D eigenvalue weighted by Gasteiger charge is 2.34. The van der Waals surface area contributed by atoms with Crippen LogP contribution >= 0.6 is 11.6 Å². The number of benzene rings is 1. The van der Waals surface area contributed by atoms with Gasteiger partial charge in [-0.2, -0.15) is 0 Å². The Balaban J connectivity index is 1.94. The van der Waals surface area contributed by atoms with Gasteiger partial charge >= 0.3 is 5.97 Å². The summed E-state index contributed by atoms with van der Waals surface area (Å²) in [5, 5.41) is 8.68. The average Bonchev–Trinajstić information content (AvgIpc) is 2.28.